The third-order valence-corrected chi connectivity index (χ3v) is 1.21. The predicted octanol–water partition coefficient (Wildman–Crippen LogP) is 0.829. The highest BCUT2D eigenvalue weighted by Crippen LogP contribution is 1.81. The van der Waals surface area contributed by atoms with Crippen molar-refractivity contribution in [1.82, 2.24) is 4.90 Å². The second-order valence-electron chi connectivity index (χ2n) is 2.37. The molecule has 0 aliphatic carbocycles. The van der Waals surface area contributed by atoms with Crippen molar-refractivity contribution in [3.8, 4) is 0 Å². The molecule has 0 radical (unpaired) electrons. The zero-order chi connectivity index (χ0) is 8.53. The average Bonchev–Trinajstić information content (AvgIpc) is 2.01. The first-order valence-corrected chi connectivity index (χ1v) is 3.86. The van der Waals surface area contributed by atoms with Gasteiger partial charge in [0, 0.05) is 19.8 Å². The number of nitrogens with zero attached hydrogens (tertiary/aromatic N) is 2. The minimum Gasteiger partial charge on any atom is -0.366 e. The van der Waals surface area contributed by atoms with E-state index in [0.29, 0.717) is 0 Å². The number of aliphatic imine (C=N–C) groups is 1. The molecule has 0 aliphatic heterocycles. The summed E-state index contributed by atoms with van der Waals surface area (Å²) in [6.07, 6.45) is 6.47. The molecule has 0 unspecified atom stereocenters. The van der Waals surface area contributed by atoms with Gasteiger partial charge < -0.3 is 10.6 Å². The van der Waals surface area contributed by atoms with Gasteiger partial charge in [0.15, 0.2) is 0 Å². The van der Waals surface area contributed by atoms with Gasteiger partial charge in [-0.25, -0.2) is 4.99 Å². The maximum absolute atomic E-state index is 5.35. The number of hydrogen-bond donors (Lipinski definition) is 1. The van der Waals surface area contributed by atoms with Crippen molar-refractivity contribution in [3.63, 3.8) is 0 Å². The fraction of sp³-hybridized carbons (Fsp3) is 0.625. The first kappa shape index (κ1) is 10.2. The molecule has 0 fully saturated rings. The van der Waals surface area contributed by atoms with Gasteiger partial charge in [-0.05, 0) is 19.9 Å². The van der Waals surface area contributed by atoms with Crippen molar-refractivity contribution in [3.05, 3.63) is 12.3 Å². The smallest absolute Gasteiger partial charge is 0.0902 e. The van der Waals surface area contributed by atoms with E-state index in [-0.39, 0.29) is 0 Å². The number of rotatable bonds is 5. The van der Waals surface area contributed by atoms with Crippen LogP contribution in [0.5, 0.6) is 0 Å². The molecule has 0 aromatic heterocycles. The first-order valence-electron chi connectivity index (χ1n) is 3.86. The molecule has 0 saturated heterocycles. The highest BCUT2D eigenvalue weighted by Gasteiger charge is 1.87. The van der Waals surface area contributed by atoms with Crippen molar-refractivity contribution in [2.75, 3.05) is 20.1 Å². The summed E-state index contributed by atoms with van der Waals surface area (Å²) in [5.41, 5.74) is 5.35. The van der Waals surface area contributed by atoms with Crippen molar-refractivity contribution >= 4 is 6.34 Å². The molecule has 0 atom stereocenters. The molecule has 11 heavy (non-hydrogen) atoms. The number of nitrogens with two attached hydrogens (primary N) is 1. The second-order valence-corrected chi connectivity index (χ2v) is 2.37. The number of allylic oxidation sites excluding steroid dienone is 1. The van der Waals surface area contributed by atoms with Crippen LogP contribution in [0, 0.1) is 0 Å². The number of hydrogen-bond acceptors (Lipinski definition) is 2. The van der Waals surface area contributed by atoms with Gasteiger partial charge in [0.2, 0.25) is 0 Å². The molecule has 0 rings (SSSR count). The lowest BCUT2D eigenvalue weighted by atomic mass is 10.4. The summed E-state index contributed by atoms with van der Waals surface area (Å²) in [7, 11) is 1.99. The van der Waals surface area contributed by atoms with Crippen LogP contribution in [0.4, 0.5) is 0 Å². The quantitative estimate of drug-likeness (QED) is 0.472. The van der Waals surface area contributed by atoms with E-state index in [0.717, 1.165) is 19.5 Å². The van der Waals surface area contributed by atoms with Crippen LogP contribution in [0.3, 0.4) is 0 Å². The Morgan fingerprint density at radius 1 is 1.55 bits per heavy atom. The van der Waals surface area contributed by atoms with Crippen LogP contribution < -0.4 is 5.73 Å². The fourth-order valence-electron chi connectivity index (χ4n) is 0.637. The van der Waals surface area contributed by atoms with Crippen molar-refractivity contribution in [2.24, 2.45) is 10.7 Å². The van der Waals surface area contributed by atoms with Crippen LogP contribution in [0.25, 0.3) is 0 Å². The molecule has 0 saturated carbocycles. The van der Waals surface area contributed by atoms with Crippen molar-refractivity contribution < 1.29 is 0 Å². The molecule has 0 amide bonds. The summed E-state index contributed by atoms with van der Waals surface area (Å²) in [5.74, 6) is 0. The lowest BCUT2D eigenvalue weighted by Crippen LogP contribution is -2.19. The highest BCUT2D eigenvalue weighted by atomic mass is 15.1. The zero-order valence-corrected chi connectivity index (χ0v) is 7.33. The molecule has 0 aromatic carbocycles. The molecule has 0 heterocycles. The zero-order valence-electron chi connectivity index (χ0n) is 7.33. The predicted molar refractivity (Wildman–Crippen MR) is 49.6 cm³/mol. The molecule has 3 heteroatoms. The summed E-state index contributed by atoms with van der Waals surface area (Å²) in [6.45, 7) is 3.65. The van der Waals surface area contributed by atoms with E-state index in [9.17, 15) is 0 Å². The normalized spacial score (nSPS) is 11.5. The van der Waals surface area contributed by atoms with Crippen molar-refractivity contribution in [2.45, 2.75) is 13.3 Å². The van der Waals surface area contributed by atoms with Gasteiger partial charge in [-0.15, -0.1) is 0 Å². The standard InChI is InChI=1S/C8H17N3/c1-3-6-10-8-11(2)7-4-5-9/h3,6,8H,4-5,7,9H2,1-2H3/b6-3+,10-8+. The van der Waals surface area contributed by atoms with Gasteiger partial charge in [0.25, 0.3) is 0 Å². The third kappa shape index (κ3) is 7.06. The molecule has 3 nitrogen and oxygen atoms in total. The molecule has 0 aromatic rings. The Labute approximate surface area is 68.6 Å². The van der Waals surface area contributed by atoms with E-state index in [2.05, 4.69) is 4.99 Å². The van der Waals surface area contributed by atoms with E-state index in [4.69, 9.17) is 5.73 Å². The van der Waals surface area contributed by atoms with Gasteiger partial charge in [-0.3, -0.25) is 0 Å². The SMILES string of the molecule is C/C=C/N=C/N(C)CCCN. The molecular formula is C8H17N3. The van der Waals surface area contributed by atoms with E-state index >= 15 is 0 Å². The van der Waals surface area contributed by atoms with Gasteiger partial charge in [-0.2, -0.15) is 0 Å². The maximum atomic E-state index is 5.35. The lowest BCUT2D eigenvalue weighted by Gasteiger charge is -2.10. The molecule has 0 bridgehead atoms. The van der Waals surface area contributed by atoms with Gasteiger partial charge >= 0.3 is 0 Å². The van der Waals surface area contributed by atoms with Crippen LogP contribution in [-0.4, -0.2) is 31.4 Å². The summed E-state index contributed by atoms with van der Waals surface area (Å²) in [6, 6.07) is 0. The third-order valence-electron chi connectivity index (χ3n) is 1.21. The Balaban J connectivity index is 3.42. The van der Waals surface area contributed by atoms with Gasteiger partial charge in [-0.1, -0.05) is 6.08 Å². The Hall–Kier alpha value is -0.830. The monoisotopic (exact) mass is 155 g/mol. The second kappa shape index (κ2) is 7.28. The Morgan fingerprint density at radius 2 is 2.27 bits per heavy atom. The molecular weight excluding hydrogens is 138 g/mol. The van der Waals surface area contributed by atoms with Crippen molar-refractivity contribution in [1.29, 1.82) is 0 Å². The van der Waals surface area contributed by atoms with Crippen LogP contribution in [0.2, 0.25) is 0 Å². The Kier molecular flexibility index (Phi) is 6.73. The Bertz CT molecular complexity index is 129. The maximum Gasteiger partial charge on any atom is 0.0902 e. The Morgan fingerprint density at radius 3 is 2.82 bits per heavy atom. The minimum absolute atomic E-state index is 0.738. The summed E-state index contributed by atoms with van der Waals surface area (Å²) >= 11 is 0. The summed E-state index contributed by atoms with van der Waals surface area (Å²) in [5, 5.41) is 0. The van der Waals surface area contributed by atoms with Gasteiger partial charge in [0.05, 0.1) is 6.34 Å². The first-order chi connectivity index (χ1) is 5.31. The molecule has 0 aliphatic rings. The summed E-state index contributed by atoms with van der Waals surface area (Å²) in [4.78, 5) is 6.04. The minimum atomic E-state index is 0.738. The lowest BCUT2D eigenvalue weighted by molar-refractivity contribution is 0.505. The van der Waals surface area contributed by atoms with Crippen LogP contribution in [0.1, 0.15) is 13.3 Å². The fourth-order valence-corrected chi connectivity index (χ4v) is 0.637. The largest absolute Gasteiger partial charge is 0.366 e. The molecule has 64 valence electrons. The van der Waals surface area contributed by atoms with Crippen LogP contribution in [0.15, 0.2) is 17.3 Å². The van der Waals surface area contributed by atoms with Crippen LogP contribution in [-0.2, 0) is 0 Å². The highest BCUT2D eigenvalue weighted by molar-refractivity contribution is 5.55. The topological polar surface area (TPSA) is 41.6 Å². The van der Waals surface area contributed by atoms with Crippen LogP contribution >= 0.6 is 0 Å². The summed E-state index contributed by atoms with van der Waals surface area (Å²) < 4.78 is 0. The van der Waals surface area contributed by atoms with E-state index < -0.39 is 0 Å². The average molecular weight is 155 g/mol. The van der Waals surface area contributed by atoms with Gasteiger partial charge in [0.1, 0.15) is 0 Å². The van der Waals surface area contributed by atoms with E-state index in [1.807, 2.05) is 24.9 Å². The molecule has 0 spiro atoms. The van der Waals surface area contributed by atoms with E-state index in [1.165, 1.54) is 0 Å². The van der Waals surface area contributed by atoms with E-state index in [1.54, 1.807) is 12.5 Å². The molecule has 2 N–H and O–H groups in total.